The maximum absolute atomic E-state index is 13.3. The average Bonchev–Trinajstić information content (AvgIpc) is 3.63. The summed E-state index contributed by atoms with van der Waals surface area (Å²) < 4.78 is 31.1. The van der Waals surface area contributed by atoms with Crippen LogP contribution in [0.1, 0.15) is 56.3 Å². The Morgan fingerprint density at radius 2 is 1.80 bits per heavy atom. The van der Waals surface area contributed by atoms with Crippen molar-refractivity contribution in [3.63, 3.8) is 0 Å². The van der Waals surface area contributed by atoms with Crippen LogP contribution in [0.2, 0.25) is 0 Å². The lowest BCUT2D eigenvalue weighted by Gasteiger charge is -2.42. The van der Waals surface area contributed by atoms with E-state index in [9.17, 15) is 22.8 Å². The van der Waals surface area contributed by atoms with Crippen LogP contribution >= 0.6 is 23.1 Å². The van der Waals surface area contributed by atoms with Crippen LogP contribution in [0.15, 0.2) is 71.8 Å². The number of rotatable bonds is 7. The number of carbonyl (C=O) groups is 2. The molecular weight excluding hydrogens is 567 g/mol. The number of alkyl halides is 3. The molecule has 3 aromatic rings. The third-order valence-electron chi connectivity index (χ3n) is 7.24. The van der Waals surface area contributed by atoms with Gasteiger partial charge in [0.1, 0.15) is 5.37 Å². The lowest BCUT2D eigenvalue weighted by Crippen LogP contribution is -2.48. The summed E-state index contributed by atoms with van der Waals surface area (Å²) in [7, 11) is 2.16. The van der Waals surface area contributed by atoms with Crippen molar-refractivity contribution in [1.29, 1.82) is 0 Å². The largest absolute Gasteiger partial charge is 0.386 e. The topological polar surface area (TPSA) is 61.4 Å². The molecule has 3 heterocycles. The third-order valence-corrected chi connectivity index (χ3v) is 9.34. The number of hydrogen-bond donors (Lipinski definition) is 2. The van der Waals surface area contributed by atoms with E-state index in [1.165, 1.54) is 28.2 Å². The number of halogens is 3. The maximum atomic E-state index is 13.3. The summed E-state index contributed by atoms with van der Waals surface area (Å²) in [6, 6.07) is 20.1. The lowest BCUT2D eigenvalue weighted by molar-refractivity contribution is -0.110. The molecule has 2 aromatic carbocycles. The highest BCUT2D eigenvalue weighted by molar-refractivity contribution is 8.02. The normalized spacial score (nSPS) is 18.5. The predicted molar refractivity (Wildman–Crippen MR) is 161 cm³/mol. The minimum absolute atomic E-state index is 0.0661. The Bertz CT molecular complexity index is 1370. The molecule has 5 nitrogen and oxygen atoms in total. The van der Waals surface area contributed by atoms with E-state index in [-0.39, 0.29) is 23.6 Å². The predicted octanol–water partition coefficient (Wildman–Crippen LogP) is 7.42. The molecule has 0 spiro atoms. The Kier molecular flexibility index (Phi) is 9.99. The molecule has 1 unspecified atom stereocenters. The number of nitrogens with zero attached hydrogens (tertiary/aromatic N) is 1. The SMILES string of the molecule is CC(F)(F)F.Cc1ccc(C2NC(C3(CNC(=O)c4cccc(-c5ccc(C=O)s5)c4)CCN(C)CC3)=CS2)cc1. The highest BCUT2D eigenvalue weighted by Crippen LogP contribution is 2.45. The first-order valence-corrected chi connectivity index (χ1v) is 15.1. The van der Waals surface area contributed by atoms with Gasteiger partial charge in [0.05, 0.1) is 4.88 Å². The fourth-order valence-corrected chi connectivity index (χ4v) is 6.77. The van der Waals surface area contributed by atoms with Crippen LogP contribution in [0.3, 0.4) is 0 Å². The van der Waals surface area contributed by atoms with Gasteiger partial charge in [-0.3, -0.25) is 9.59 Å². The summed E-state index contributed by atoms with van der Waals surface area (Å²) in [6.07, 6.45) is -1.15. The molecule has 41 heavy (non-hydrogen) atoms. The summed E-state index contributed by atoms with van der Waals surface area (Å²) >= 11 is 3.25. The molecule has 5 rings (SSSR count). The van der Waals surface area contributed by atoms with Crippen molar-refractivity contribution in [2.75, 3.05) is 26.7 Å². The van der Waals surface area contributed by atoms with Crippen LogP contribution in [0.25, 0.3) is 10.4 Å². The minimum atomic E-state index is -4.00. The Labute approximate surface area is 247 Å². The van der Waals surface area contributed by atoms with Crippen molar-refractivity contribution in [2.45, 2.75) is 38.2 Å². The zero-order chi connectivity index (χ0) is 29.6. The zero-order valence-electron chi connectivity index (χ0n) is 23.3. The van der Waals surface area contributed by atoms with E-state index in [1.807, 2.05) is 48.2 Å². The van der Waals surface area contributed by atoms with Crippen LogP contribution < -0.4 is 10.6 Å². The van der Waals surface area contributed by atoms with E-state index in [1.54, 1.807) is 0 Å². The maximum Gasteiger partial charge on any atom is 0.386 e. The number of piperidine rings is 1. The number of thioether (sulfide) groups is 1. The minimum Gasteiger partial charge on any atom is -0.372 e. The number of benzene rings is 2. The van der Waals surface area contributed by atoms with Crippen molar-refractivity contribution in [1.82, 2.24) is 15.5 Å². The van der Waals surface area contributed by atoms with Crippen LogP contribution in [0.5, 0.6) is 0 Å². The van der Waals surface area contributed by atoms with E-state index < -0.39 is 6.18 Å². The van der Waals surface area contributed by atoms with E-state index in [4.69, 9.17) is 0 Å². The standard InChI is InChI=1S/C29H31N3O2S2.C2H3F3/c1-20-6-8-21(9-7-20)28-31-26(18-35-28)29(12-14-32(2)15-13-29)19-30-27(34)23-5-3-4-22(16-23)25-11-10-24(17-33)36-25;1-2(3,4)5/h3-11,16-18,28,31H,12-15,19H2,1-2H3,(H,30,34);1H3. The Balaban J connectivity index is 0.000000714. The Morgan fingerprint density at radius 1 is 1.12 bits per heavy atom. The molecule has 1 aromatic heterocycles. The monoisotopic (exact) mass is 601 g/mol. The van der Waals surface area contributed by atoms with Gasteiger partial charge in [0.2, 0.25) is 0 Å². The lowest BCUT2D eigenvalue weighted by atomic mass is 9.75. The molecule has 2 aliphatic heterocycles. The van der Waals surface area contributed by atoms with Gasteiger partial charge in [-0.05, 0) is 80.7 Å². The second-order valence-electron chi connectivity index (χ2n) is 10.6. The average molecular weight is 602 g/mol. The first kappa shape index (κ1) is 30.9. The molecule has 1 fully saturated rings. The molecule has 0 aliphatic carbocycles. The fourth-order valence-electron chi connectivity index (χ4n) is 4.85. The van der Waals surface area contributed by atoms with Crippen LogP contribution in [0, 0.1) is 12.3 Å². The Morgan fingerprint density at radius 3 is 2.44 bits per heavy atom. The molecule has 0 bridgehead atoms. The molecule has 10 heteroatoms. The number of amides is 1. The number of aldehydes is 1. The van der Waals surface area contributed by atoms with E-state index in [2.05, 4.69) is 59.2 Å². The fraction of sp³-hybridized carbons (Fsp3) is 0.355. The van der Waals surface area contributed by atoms with Gasteiger partial charge in [0.25, 0.3) is 5.91 Å². The highest BCUT2D eigenvalue weighted by Gasteiger charge is 2.40. The first-order chi connectivity index (χ1) is 19.5. The number of nitrogens with one attached hydrogen (secondary N) is 2. The molecule has 2 N–H and O–H groups in total. The number of hydrogen-bond acceptors (Lipinski definition) is 6. The molecular formula is C31H34F3N3O2S2. The molecule has 1 atom stereocenters. The van der Waals surface area contributed by atoms with Gasteiger partial charge >= 0.3 is 6.18 Å². The van der Waals surface area contributed by atoms with Crippen molar-refractivity contribution in [2.24, 2.45) is 5.41 Å². The number of likely N-dealkylation sites (tertiary alicyclic amines) is 1. The number of thiophene rings is 1. The quantitative estimate of drug-likeness (QED) is 0.276. The van der Waals surface area contributed by atoms with Gasteiger partial charge in [-0.1, -0.05) is 42.0 Å². The van der Waals surface area contributed by atoms with Crippen molar-refractivity contribution < 1.29 is 22.8 Å². The van der Waals surface area contributed by atoms with Gasteiger partial charge in [0, 0.05) is 35.0 Å². The third kappa shape index (κ3) is 8.47. The Hall–Kier alpha value is -3.08. The summed E-state index contributed by atoms with van der Waals surface area (Å²) in [5.74, 6) is -0.0661. The van der Waals surface area contributed by atoms with Crippen molar-refractivity contribution >= 4 is 35.3 Å². The number of carbonyl (C=O) groups excluding carboxylic acids is 2. The summed E-state index contributed by atoms with van der Waals surface area (Å²) in [5.41, 5.74) is 5.24. The second-order valence-corrected chi connectivity index (χ2v) is 12.6. The van der Waals surface area contributed by atoms with Crippen LogP contribution in [-0.2, 0) is 0 Å². The van der Waals surface area contributed by atoms with Gasteiger partial charge in [0.15, 0.2) is 6.29 Å². The van der Waals surface area contributed by atoms with Gasteiger partial charge < -0.3 is 15.5 Å². The van der Waals surface area contributed by atoms with Crippen molar-refractivity contribution in [3.05, 3.63) is 93.3 Å². The molecule has 0 radical (unpaired) electrons. The summed E-state index contributed by atoms with van der Waals surface area (Å²) in [4.78, 5) is 28.3. The molecule has 1 saturated heterocycles. The summed E-state index contributed by atoms with van der Waals surface area (Å²) in [6.45, 7) is 4.89. The first-order valence-electron chi connectivity index (χ1n) is 13.3. The molecule has 218 valence electrons. The van der Waals surface area contributed by atoms with Gasteiger partial charge in [-0.2, -0.15) is 13.2 Å². The van der Waals surface area contributed by atoms with Crippen LogP contribution in [-0.4, -0.2) is 50.0 Å². The van der Waals surface area contributed by atoms with E-state index in [0.29, 0.717) is 17.0 Å². The molecule has 0 saturated carbocycles. The molecule has 1 amide bonds. The van der Waals surface area contributed by atoms with Crippen molar-refractivity contribution in [3.8, 4) is 10.4 Å². The van der Waals surface area contributed by atoms with Gasteiger partial charge in [-0.15, -0.1) is 23.1 Å². The molecule has 2 aliphatic rings. The van der Waals surface area contributed by atoms with Crippen LogP contribution in [0.4, 0.5) is 13.2 Å². The summed E-state index contributed by atoms with van der Waals surface area (Å²) in [5, 5.41) is 9.51. The number of aryl methyl sites for hydroxylation is 1. The zero-order valence-corrected chi connectivity index (χ0v) is 24.9. The van der Waals surface area contributed by atoms with E-state index in [0.717, 1.165) is 42.7 Å². The second kappa shape index (κ2) is 13.3. The smallest absolute Gasteiger partial charge is 0.372 e. The van der Waals surface area contributed by atoms with E-state index >= 15 is 0 Å². The van der Waals surface area contributed by atoms with Gasteiger partial charge in [-0.25, -0.2) is 0 Å². The highest BCUT2D eigenvalue weighted by atomic mass is 32.2.